The summed E-state index contributed by atoms with van der Waals surface area (Å²) in [6.07, 6.45) is 7.46. The Morgan fingerprint density at radius 1 is 1.21 bits per heavy atom. The van der Waals surface area contributed by atoms with Crippen LogP contribution in [0.15, 0.2) is 48.0 Å². The maximum Gasteiger partial charge on any atom is 0.271 e. The van der Waals surface area contributed by atoms with Gasteiger partial charge in [0.15, 0.2) is 5.82 Å². The van der Waals surface area contributed by atoms with Crippen molar-refractivity contribution in [3.63, 3.8) is 0 Å². The van der Waals surface area contributed by atoms with Gasteiger partial charge in [-0.25, -0.2) is 15.0 Å². The number of rotatable bonds is 3. The van der Waals surface area contributed by atoms with Gasteiger partial charge in [0.05, 0.1) is 18.0 Å². The van der Waals surface area contributed by atoms with Crippen molar-refractivity contribution >= 4 is 43.5 Å². The quantitative estimate of drug-likeness (QED) is 0.606. The summed E-state index contributed by atoms with van der Waals surface area (Å²) in [5.41, 5.74) is 0.344. The van der Waals surface area contributed by atoms with E-state index in [4.69, 9.17) is 0 Å². The second-order valence-corrected chi connectivity index (χ2v) is 5.95. The van der Waals surface area contributed by atoms with E-state index in [1.54, 1.807) is 12.3 Å². The first-order chi connectivity index (χ1) is 11.7. The van der Waals surface area contributed by atoms with E-state index in [0.717, 1.165) is 10.2 Å². The summed E-state index contributed by atoms with van der Waals surface area (Å²) < 4.78 is 1.75. The lowest BCUT2D eigenvalue weighted by molar-refractivity contribution is -0.116. The van der Waals surface area contributed by atoms with Crippen LogP contribution in [0.5, 0.6) is 0 Å². The van der Waals surface area contributed by atoms with Gasteiger partial charge in [0, 0.05) is 24.0 Å². The third kappa shape index (κ3) is 2.50. The number of aromatic nitrogens is 5. The Labute approximate surface area is 138 Å². The van der Waals surface area contributed by atoms with Crippen molar-refractivity contribution in [3.05, 3.63) is 53.6 Å². The van der Waals surface area contributed by atoms with E-state index in [0.29, 0.717) is 16.0 Å². The molecule has 4 rings (SSSR count). The molecule has 0 radical (unpaired) electrons. The standard InChI is InChI=1S/C15H10N6O2S/c22-11(20-10-6-16-4-5-17-10)7-21-8-19-12-9-2-1-3-18-14(9)24-13(12)15(21)23/h1-6,8H,7H2,(H,17,20,22). The zero-order chi connectivity index (χ0) is 16.5. The van der Waals surface area contributed by atoms with Crippen LogP contribution >= 0.6 is 11.3 Å². The van der Waals surface area contributed by atoms with Crippen LogP contribution in [0.3, 0.4) is 0 Å². The number of fused-ring (bicyclic) bond motifs is 3. The van der Waals surface area contributed by atoms with Crippen LogP contribution < -0.4 is 10.9 Å². The van der Waals surface area contributed by atoms with Crippen molar-refractivity contribution in [2.75, 3.05) is 5.32 Å². The highest BCUT2D eigenvalue weighted by molar-refractivity contribution is 7.25. The summed E-state index contributed by atoms with van der Waals surface area (Å²) in [4.78, 5) is 41.8. The molecular weight excluding hydrogens is 328 g/mol. The second-order valence-electron chi connectivity index (χ2n) is 4.95. The Balaban J connectivity index is 1.67. The molecule has 0 bridgehead atoms. The molecule has 0 atom stereocenters. The van der Waals surface area contributed by atoms with Gasteiger partial charge in [0.2, 0.25) is 5.91 Å². The Morgan fingerprint density at radius 2 is 2.12 bits per heavy atom. The van der Waals surface area contributed by atoms with E-state index in [1.165, 1.54) is 40.8 Å². The minimum atomic E-state index is -0.377. The van der Waals surface area contributed by atoms with Gasteiger partial charge < -0.3 is 5.32 Å². The highest BCUT2D eigenvalue weighted by Gasteiger charge is 2.13. The van der Waals surface area contributed by atoms with Gasteiger partial charge in [-0.2, -0.15) is 0 Å². The van der Waals surface area contributed by atoms with E-state index >= 15 is 0 Å². The van der Waals surface area contributed by atoms with Crippen LogP contribution in [-0.2, 0) is 11.3 Å². The summed E-state index contributed by atoms with van der Waals surface area (Å²) in [6, 6.07) is 3.68. The molecule has 4 heterocycles. The summed E-state index contributed by atoms with van der Waals surface area (Å²) in [5, 5.41) is 3.42. The molecule has 24 heavy (non-hydrogen) atoms. The van der Waals surface area contributed by atoms with E-state index in [-0.39, 0.29) is 18.0 Å². The van der Waals surface area contributed by atoms with Crippen LogP contribution in [0.2, 0.25) is 0 Å². The number of amides is 1. The molecule has 0 saturated heterocycles. The number of hydrogen-bond acceptors (Lipinski definition) is 7. The fraction of sp³-hybridized carbons (Fsp3) is 0.0667. The fourth-order valence-electron chi connectivity index (χ4n) is 2.32. The van der Waals surface area contributed by atoms with Gasteiger partial charge in [-0.1, -0.05) is 0 Å². The number of carbonyl (C=O) groups excluding carboxylic acids is 1. The molecular formula is C15H10N6O2S. The number of nitrogens with zero attached hydrogens (tertiary/aromatic N) is 5. The third-order valence-corrected chi connectivity index (χ3v) is 4.46. The monoisotopic (exact) mass is 338 g/mol. The maximum atomic E-state index is 12.6. The van der Waals surface area contributed by atoms with Gasteiger partial charge in [0.25, 0.3) is 5.56 Å². The minimum absolute atomic E-state index is 0.153. The number of thiophene rings is 1. The van der Waals surface area contributed by atoms with Crippen LogP contribution in [0.4, 0.5) is 5.82 Å². The van der Waals surface area contributed by atoms with Gasteiger partial charge >= 0.3 is 0 Å². The smallest absolute Gasteiger partial charge is 0.271 e. The molecule has 0 unspecified atom stereocenters. The SMILES string of the molecule is O=C(Cn1cnc2c(sc3ncccc32)c1=O)Nc1cnccn1. The van der Waals surface area contributed by atoms with Gasteiger partial charge in [0.1, 0.15) is 16.1 Å². The topological polar surface area (TPSA) is 103 Å². The number of anilines is 1. The first kappa shape index (κ1) is 14.4. The Morgan fingerprint density at radius 3 is 2.96 bits per heavy atom. The molecule has 9 heteroatoms. The molecule has 1 N–H and O–H groups in total. The van der Waals surface area contributed by atoms with Crippen LogP contribution in [0, 0.1) is 0 Å². The van der Waals surface area contributed by atoms with Crippen molar-refractivity contribution in [2.24, 2.45) is 0 Å². The molecule has 1 amide bonds. The number of hydrogen-bond donors (Lipinski definition) is 1. The molecule has 0 fully saturated rings. The number of pyridine rings is 1. The van der Waals surface area contributed by atoms with Crippen LogP contribution in [0.1, 0.15) is 0 Å². The van der Waals surface area contributed by atoms with E-state index in [1.807, 2.05) is 6.07 Å². The number of nitrogens with one attached hydrogen (secondary N) is 1. The average molecular weight is 338 g/mol. The zero-order valence-electron chi connectivity index (χ0n) is 12.2. The molecule has 0 spiro atoms. The Kier molecular flexibility index (Phi) is 3.47. The molecule has 118 valence electrons. The average Bonchev–Trinajstić information content (AvgIpc) is 2.98. The normalized spacial score (nSPS) is 11.0. The van der Waals surface area contributed by atoms with Gasteiger partial charge in [-0.3, -0.25) is 19.1 Å². The molecule has 8 nitrogen and oxygen atoms in total. The maximum absolute atomic E-state index is 12.6. The van der Waals surface area contributed by atoms with Gasteiger partial charge in [-0.05, 0) is 12.1 Å². The highest BCUT2D eigenvalue weighted by Crippen LogP contribution is 2.27. The van der Waals surface area contributed by atoms with Crippen molar-refractivity contribution < 1.29 is 4.79 Å². The van der Waals surface area contributed by atoms with E-state index in [9.17, 15) is 9.59 Å². The minimum Gasteiger partial charge on any atom is -0.308 e. The van der Waals surface area contributed by atoms with Crippen molar-refractivity contribution in [1.82, 2.24) is 24.5 Å². The summed E-state index contributed by atoms with van der Waals surface area (Å²) in [6.45, 7) is -0.153. The van der Waals surface area contributed by atoms with Crippen LogP contribution in [0.25, 0.3) is 20.4 Å². The largest absolute Gasteiger partial charge is 0.308 e. The first-order valence-electron chi connectivity index (χ1n) is 7.01. The summed E-state index contributed by atoms with van der Waals surface area (Å²) in [7, 11) is 0. The third-order valence-electron chi connectivity index (χ3n) is 3.37. The predicted molar refractivity (Wildman–Crippen MR) is 89.8 cm³/mol. The van der Waals surface area contributed by atoms with Gasteiger partial charge in [-0.15, -0.1) is 11.3 Å². The molecule has 0 aromatic carbocycles. The van der Waals surface area contributed by atoms with E-state index < -0.39 is 0 Å². The molecule has 4 aromatic heterocycles. The fourth-order valence-corrected chi connectivity index (χ4v) is 3.36. The highest BCUT2D eigenvalue weighted by atomic mass is 32.1. The Hall–Kier alpha value is -3.20. The molecule has 4 aromatic rings. The molecule has 0 saturated carbocycles. The zero-order valence-corrected chi connectivity index (χ0v) is 13.0. The number of carbonyl (C=O) groups is 1. The lowest BCUT2D eigenvalue weighted by Gasteiger charge is -2.06. The predicted octanol–water partition coefficient (Wildman–Crippen LogP) is 1.43. The van der Waals surface area contributed by atoms with Crippen molar-refractivity contribution in [1.29, 1.82) is 0 Å². The molecule has 0 aliphatic heterocycles. The summed E-state index contributed by atoms with van der Waals surface area (Å²) >= 11 is 1.27. The van der Waals surface area contributed by atoms with Crippen LogP contribution in [-0.4, -0.2) is 30.4 Å². The molecule has 0 aliphatic rings. The first-order valence-corrected chi connectivity index (χ1v) is 7.82. The van der Waals surface area contributed by atoms with Crippen molar-refractivity contribution in [3.8, 4) is 0 Å². The lowest BCUT2D eigenvalue weighted by Crippen LogP contribution is -2.27. The lowest BCUT2D eigenvalue weighted by atomic mass is 10.3. The summed E-state index contributed by atoms with van der Waals surface area (Å²) in [5.74, 6) is -0.0476. The molecule has 0 aliphatic carbocycles. The Bertz CT molecular complexity index is 1110. The van der Waals surface area contributed by atoms with Crippen molar-refractivity contribution in [2.45, 2.75) is 6.54 Å². The second kappa shape index (κ2) is 5.78. The van der Waals surface area contributed by atoms with E-state index in [2.05, 4.69) is 25.3 Å².